The number of nitrogens with one attached hydrogen (secondary N) is 2. The van der Waals surface area contributed by atoms with Gasteiger partial charge in [0.05, 0.1) is 0 Å². The quantitative estimate of drug-likeness (QED) is 0.646. The fourth-order valence-corrected chi connectivity index (χ4v) is 2.00. The van der Waals surface area contributed by atoms with Crippen LogP contribution in [-0.4, -0.2) is 14.7 Å². The lowest BCUT2D eigenvalue weighted by molar-refractivity contribution is -0.116. The first-order valence-electron chi connectivity index (χ1n) is 7.23. The molecule has 126 valence electrons. The van der Waals surface area contributed by atoms with Gasteiger partial charge in [-0.25, -0.2) is 0 Å². The van der Waals surface area contributed by atoms with Gasteiger partial charge in [-0.1, -0.05) is 43.3 Å². The number of anilines is 2. The van der Waals surface area contributed by atoms with Gasteiger partial charge < -0.3 is 14.6 Å². The van der Waals surface area contributed by atoms with Gasteiger partial charge in [0.2, 0.25) is 5.91 Å². The minimum atomic E-state index is -2.22. The number of carbonyl (C=O) groups is 1. The van der Waals surface area contributed by atoms with E-state index >= 15 is 0 Å². The molecule has 5 nitrogen and oxygen atoms in total. The minimum Gasteiger partial charge on any atom is -0.755 e. The van der Waals surface area contributed by atoms with E-state index in [9.17, 15) is 13.6 Å². The fraction of sp³-hybridized carbons (Fsp3) is 0.167. The maximum Gasteiger partial charge on any atom is 0.225 e. The SMILES string of the molecule is C#CC(C)CC(=O)Nc1ccccc1.O=S([O-])Nc1ccccc1. The molecule has 0 radical (unpaired) electrons. The van der Waals surface area contributed by atoms with E-state index < -0.39 is 11.3 Å². The molecule has 2 N–H and O–H groups in total. The second-order valence-corrected chi connectivity index (χ2v) is 5.56. The Bertz CT molecular complexity index is 684. The van der Waals surface area contributed by atoms with Crippen molar-refractivity contribution < 1.29 is 13.6 Å². The largest absolute Gasteiger partial charge is 0.755 e. The Kier molecular flexibility index (Phi) is 8.90. The molecule has 6 heteroatoms. The number of benzene rings is 2. The first-order chi connectivity index (χ1) is 11.5. The summed E-state index contributed by atoms with van der Waals surface area (Å²) < 4.78 is 22.3. The van der Waals surface area contributed by atoms with Gasteiger partial charge >= 0.3 is 0 Å². The molecule has 2 aromatic rings. The standard InChI is InChI=1S/C12H13NO.C6H7NO2S/c1-3-10(2)9-12(14)13-11-7-5-4-6-8-11;8-10(9)7-6-4-2-1-3-5-6/h1,4-8,10H,9H2,2H3,(H,13,14);1-5,7H,(H,8,9)/p-1. The Balaban J connectivity index is 0.000000254. The van der Waals surface area contributed by atoms with E-state index in [-0.39, 0.29) is 11.8 Å². The lowest BCUT2D eigenvalue weighted by Gasteiger charge is -2.06. The molecule has 2 aromatic carbocycles. The van der Waals surface area contributed by atoms with Crippen LogP contribution < -0.4 is 10.0 Å². The van der Waals surface area contributed by atoms with Crippen LogP contribution in [0.5, 0.6) is 0 Å². The van der Waals surface area contributed by atoms with Gasteiger partial charge in [-0.3, -0.25) is 9.00 Å². The molecule has 2 unspecified atom stereocenters. The number of carbonyl (C=O) groups excluding carboxylic acids is 1. The molecule has 0 fully saturated rings. The maximum absolute atomic E-state index is 11.4. The lowest BCUT2D eigenvalue weighted by Crippen LogP contribution is -2.14. The van der Waals surface area contributed by atoms with Crippen molar-refractivity contribution in [2.45, 2.75) is 13.3 Å². The molecule has 0 aliphatic heterocycles. The van der Waals surface area contributed by atoms with Crippen LogP contribution >= 0.6 is 0 Å². The molecule has 0 aliphatic rings. The van der Waals surface area contributed by atoms with Crippen LogP contribution in [0.4, 0.5) is 11.4 Å². The van der Waals surface area contributed by atoms with Crippen LogP contribution in [0, 0.1) is 18.3 Å². The molecule has 2 atom stereocenters. The van der Waals surface area contributed by atoms with Crippen molar-refractivity contribution in [2.24, 2.45) is 5.92 Å². The molecule has 0 spiro atoms. The average molecular weight is 343 g/mol. The molecule has 0 saturated carbocycles. The highest BCUT2D eigenvalue weighted by molar-refractivity contribution is 7.80. The van der Waals surface area contributed by atoms with Crippen LogP contribution in [0.2, 0.25) is 0 Å². The monoisotopic (exact) mass is 343 g/mol. The van der Waals surface area contributed by atoms with E-state index in [0.717, 1.165) is 5.69 Å². The van der Waals surface area contributed by atoms with Crippen LogP contribution in [0.1, 0.15) is 13.3 Å². The second kappa shape index (κ2) is 11.0. The Morgan fingerprint density at radius 3 is 2.08 bits per heavy atom. The molecule has 0 saturated heterocycles. The van der Waals surface area contributed by atoms with Crippen LogP contribution in [0.25, 0.3) is 0 Å². The molecule has 2 rings (SSSR count). The molecule has 0 bridgehead atoms. The zero-order valence-electron chi connectivity index (χ0n) is 13.3. The Morgan fingerprint density at radius 2 is 1.62 bits per heavy atom. The highest BCUT2D eigenvalue weighted by Crippen LogP contribution is 2.07. The van der Waals surface area contributed by atoms with Crippen molar-refractivity contribution in [3.05, 3.63) is 60.7 Å². The van der Waals surface area contributed by atoms with Crippen LogP contribution in [-0.2, 0) is 16.1 Å². The third-order valence-corrected chi connectivity index (χ3v) is 3.21. The molecule has 0 heterocycles. The van der Waals surface area contributed by atoms with E-state index in [2.05, 4.69) is 16.0 Å². The van der Waals surface area contributed by atoms with Gasteiger partial charge in [-0.15, -0.1) is 12.3 Å². The normalized spacial score (nSPS) is 11.9. The van der Waals surface area contributed by atoms with Gasteiger partial charge in [0.25, 0.3) is 0 Å². The average Bonchev–Trinajstić information content (AvgIpc) is 2.56. The predicted octanol–water partition coefficient (Wildman–Crippen LogP) is 3.18. The summed E-state index contributed by atoms with van der Waals surface area (Å²) in [6, 6.07) is 18.0. The van der Waals surface area contributed by atoms with Crippen molar-refractivity contribution in [3.63, 3.8) is 0 Å². The van der Waals surface area contributed by atoms with E-state index in [1.807, 2.05) is 43.3 Å². The summed E-state index contributed by atoms with van der Waals surface area (Å²) in [5.74, 6) is 2.47. The van der Waals surface area contributed by atoms with Crippen LogP contribution in [0.15, 0.2) is 60.7 Å². The van der Waals surface area contributed by atoms with Gasteiger partial charge in [0.1, 0.15) is 0 Å². The molecule has 1 amide bonds. The van der Waals surface area contributed by atoms with E-state index in [1.54, 1.807) is 24.3 Å². The van der Waals surface area contributed by atoms with Gasteiger partial charge in [-0.2, -0.15) is 0 Å². The van der Waals surface area contributed by atoms with Crippen LogP contribution in [0.3, 0.4) is 0 Å². The Labute approximate surface area is 144 Å². The van der Waals surface area contributed by atoms with Crippen molar-refractivity contribution in [3.8, 4) is 12.3 Å². The minimum absolute atomic E-state index is 0.0151. The number of terminal acetylenes is 1. The van der Waals surface area contributed by atoms with Crippen molar-refractivity contribution in [1.29, 1.82) is 0 Å². The van der Waals surface area contributed by atoms with E-state index in [4.69, 9.17) is 6.42 Å². The van der Waals surface area contributed by atoms with Crippen molar-refractivity contribution >= 4 is 28.5 Å². The first-order valence-corrected chi connectivity index (χ1v) is 8.30. The smallest absolute Gasteiger partial charge is 0.225 e. The number of amides is 1. The molecule has 24 heavy (non-hydrogen) atoms. The Morgan fingerprint density at radius 1 is 1.12 bits per heavy atom. The number of hydrogen-bond acceptors (Lipinski definition) is 3. The predicted molar refractivity (Wildman–Crippen MR) is 96.7 cm³/mol. The van der Waals surface area contributed by atoms with Crippen molar-refractivity contribution in [2.75, 3.05) is 10.0 Å². The molecule has 0 aliphatic carbocycles. The summed E-state index contributed by atoms with van der Waals surface area (Å²) in [7, 11) is 0. The van der Waals surface area contributed by atoms with Crippen molar-refractivity contribution in [1.82, 2.24) is 0 Å². The number of rotatable bonds is 5. The molecule has 0 aromatic heterocycles. The molecular weight excluding hydrogens is 324 g/mol. The second-order valence-electron chi connectivity index (χ2n) is 4.89. The first kappa shape index (κ1) is 19.4. The molecular formula is C18H19N2O3S-. The topological polar surface area (TPSA) is 81.3 Å². The zero-order chi connectivity index (χ0) is 17.8. The maximum atomic E-state index is 11.4. The fourth-order valence-electron chi connectivity index (χ4n) is 1.67. The lowest BCUT2D eigenvalue weighted by atomic mass is 10.1. The third-order valence-electron chi connectivity index (χ3n) is 2.81. The third kappa shape index (κ3) is 8.73. The van der Waals surface area contributed by atoms with Gasteiger partial charge in [0, 0.05) is 35.0 Å². The van der Waals surface area contributed by atoms with E-state index in [0.29, 0.717) is 12.1 Å². The zero-order valence-corrected chi connectivity index (χ0v) is 14.1. The number of para-hydroxylation sites is 2. The highest BCUT2D eigenvalue weighted by Gasteiger charge is 2.05. The van der Waals surface area contributed by atoms with E-state index in [1.165, 1.54) is 0 Å². The summed E-state index contributed by atoms with van der Waals surface area (Å²) in [5, 5.41) is 2.77. The summed E-state index contributed by atoms with van der Waals surface area (Å²) in [6.07, 6.45) is 5.55. The summed E-state index contributed by atoms with van der Waals surface area (Å²) in [4.78, 5) is 11.4. The number of hydrogen-bond donors (Lipinski definition) is 2. The summed E-state index contributed by atoms with van der Waals surface area (Å²) in [6.45, 7) is 1.85. The van der Waals surface area contributed by atoms with Gasteiger partial charge in [-0.05, 0) is 24.3 Å². The summed E-state index contributed by atoms with van der Waals surface area (Å²) >= 11 is -2.22. The summed E-state index contributed by atoms with van der Waals surface area (Å²) in [5.41, 5.74) is 1.39. The highest BCUT2D eigenvalue weighted by atomic mass is 32.2. The van der Waals surface area contributed by atoms with Gasteiger partial charge in [0.15, 0.2) is 0 Å². The Hall–Kier alpha value is -2.62.